The van der Waals surface area contributed by atoms with Gasteiger partial charge < -0.3 is 15.2 Å². The van der Waals surface area contributed by atoms with Gasteiger partial charge in [0.25, 0.3) is 5.91 Å². The van der Waals surface area contributed by atoms with Gasteiger partial charge in [-0.15, -0.1) is 0 Å². The van der Waals surface area contributed by atoms with Gasteiger partial charge in [-0.05, 0) is 6.07 Å². The van der Waals surface area contributed by atoms with E-state index in [2.05, 4.69) is 10.3 Å². The molecule has 0 saturated carbocycles. The molecule has 0 spiro atoms. The second kappa shape index (κ2) is 7.16. The highest BCUT2D eigenvalue weighted by molar-refractivity contribution is 6.33. The van der Waals surface area contributed by atoms with E-state index in [1.165, 1.54) is 12.4 Å². The number of halogens is 1. The molecule has 0 bridgehead atoms. The van der Waals surface area contributed by atoms with Crippen LogP contribution in [0, 0.1) is 0 Å². The number of carbonyl (C=O) groups excluding carboxylic acids is 1. The molecule has 16 heavy (non-hydrogen) atoms. The Morgan fingerprint density at radius 2 is 2.38 bits per heavy atom. The summed E-state index contributed by atoms with van der Waals surface area (Å²) < 4.78 is 4.99. The zero-order valence-corrected chi connectivity index (χ0v) is 9.41. The van der Waals surface area contributed by atoms with E-state index < -0.39 is 0 Å². The molecular formula is C10H13ClN2O3. The van der Waals surface area contributed by atoms with E-state index in [4.69, 9.17) is 21.4 Å². The number of hydrogen-bond donors (Lipinski definition) is 2. The topological polar surface area (TPSA) is 71.5 Å². The molecule has 2 N–H and O–H groups in total. The Bertz CT molecular complexity index is 347. The molecule has 1 rings (SSSR count). The fourth-order valence-corrected chi connectivity index (χ4v) is 1.26. The SMILES string of the molecule is O=C(NCCOCCO)c1ccncc1Cl. The van der Waals surface area contributed by atoms with Gasteiger partial charge >= 0.3 is 0 Å². The molecular weight excluding hydrogens is 232 g/mol. The third kappa shape index (κ3) is 4.14. The molecule has 1 amide bonds. The smallest absolute Gasteiger partial charge is 0.252 e. The zero-order chi connectivity index (χ0) is 11.8. The summed E-state index contributed by atoms with van der Waals surface area (Å²) in [5.41, 5.74) is 0.388. The first kappa shape index (κ1) is 12.9. The summed E-state index contributed by atoms with van der Waals surface area (Å²) in [5, 5.41) is 11.4. The standard InChI is InChI=1S/C10H13ClN2O3/c11-9-7-12-2-1-8(9)10(15)13-3-5-16-6-4-14/h1-2,7,14H,3-6H2,(H,13,15). The van der Waals surface area contributed by atoms with Gasteiger partial charge in [-0.2, -0.15) is 0 Å². The fraction of sp³-hybridized carbons (Fsp3) is 0.400. The highest BCUT2D eigenvalue weighted by atomic mass is 35.5. The molecule has 0 aromatic carbocycles. The lowest BCUT2D eigenvalue weighted by molar-refractivity contribution is 0.0838. The lowest BCUT2D eigenvalue weighted by Crippen LogP contribution is -2.27. The minimum atomic E-state index is -0.264. The highest BCUT2D eigenvalue weighted by Gasteiger charge is 2.08. The van der Waals surface area contributed by atoms with Crippen molar-refractivity contribution in [2.75, 3.05) is 26.4 Å². The second-order valence-electron chi connectivity index (χ2n) is 2.95. The summed E-state index contributed by atoms with van der Waals surface area (Å²) in [6, 6.07) is 1.55. The van der Waals surface area contributed by atoms with Crippen LogP contribution in [0.1, 0.15) is 10.4 Å². The van der Waals surface area contributed by atoms with Crippen LogP contribution < -0.4 is 5.32 Å². The lowest BCUT2D eigenvalue weighted by Gasteiger charge is -2.06. The minimum absolute atomic E-state index is 0.0237. The number of nitrogens with one attached hydrogen (secondary N) is 1. The van der Waals surface area contributed by atoms with Gasteiger partial charge in [-0.1, -0.05) is 11.6 Å². The maximum atomic E-state index is 11.6. The van der Waals surface area contributed by atoms with Crippen LogP contribution in [0.3, 0.4) is 0 Å². The first-order chi connectivity index (χ1) is 7.75. The summed E-state index contributed by atoms with van der Waals surface area (Å²) in [6.07, 6.45) is 2.92. The first-order valence-corrected chi connectivity index (χ1v) is 5.20. The van der Waals surface area contributed by atoms with Crippen LogP contribution in [-0.2, 0) is 4.74 Å². The molecule has 1 aromatic rings. The van der Waals surface area contributed by atoms with Gasteiger partial charge in [-0.25, -0.2) is 0 Å². The number of pyridine rings is 1. The molecule has 0 atom stereocenters. The zero-order valence-electron chi connectivity index (χ0n) is 8.65. The van der Waals surface area contributed by atoms with Crippen molar-refractivity contribution < 1.29 is 14.6 Å². The number of aliphatic hydroxyl groups excluding tert-OH is 1. The molecule has 0 radical (unpaired) electrons. The predicted octanol–water partition coefficient (Wildman–Crippen LogP) is 0.474. The van der Waals surface area contributed by atoms with E-state index in [1.54, 1.807) is 6.07 Å². The number of nitrogens with zero attached hydrogens (tertiary/aromatic N) is 1. The molecule has 1 aromatic heterocycles. The first-order valence-electron chi connectivity index (χ1n) is 4.82. The Kier molecular flexibility index (Phi) is 5.77. The molecule has 88 valence electrons. The molecule has 1 heterocycles. The summed E-state index contributed by atoms with van der Waals surface area (Å²) >= 11 is 5.79. The van der Waals surface area contributed by atoms with E-state index >= 15 is 0 Å². The Morgan fingerprint density at radius 1 is 1.56 bits per heavy atom. The van der Waals surface area contributed by atoms with Gasteiger partial charge in [-0.3, -0.25) is 9.78 Å². The van der Waals surface area contributed by atoms with Crippen LogP contribution >= 0.6 is 11.6 Å². The maximum absolute atomic E-state index is 11.6. The molecule has 0 saturated heterocycles. The van der Waals surface area contributed by atoms with Crippen LogP contribution in [0.5, 0.6) is 0 Å². The summed E-state index contributed by atoms with van der Waals surface area (Å²) in [4.78, 5) is 15.4. The fourth-order valence-electron chi connectivity index (χ4n) is 1.06. The van der Waals surface area contributed by atoms with Crippen molar-refractivity contribution >= 4 is 17.5 Å². The van der Waals surface area contributed by atoms with Gasteiger partial charge in [0.1, 0.15) is 0 Å². The van der Waals surface area contributed by atoms with E-state index in [0.29, 0.717) is 23.7 Å². The molecule has 6 heteroatoms. The van der Waals surface area contributed by atoms with Crippen LogP contribution in [0.2, 0.25) is 5.02 Å². The largest absolute Gasteiger partial charge is 0.394 e. The molecule has 0 fully saturated rings. The lowest BCUT2D eigenvalue weighted by atomic mass is 10.2. The third-order valence-electron chi connectivity index (χ3n) is 1.78. The second-order valence-corrected chi connectivity index (χ2v) is 3.35. The van der Waals surface area contributed by atoms with Crippen molar-refractivity contribution in [1.82, 2.24) is 10.3 Å². The minimum Gasteiger partial charge on any atom is -0.394 e. The van der Waals surface area contributed by atoms with E-state index in [1.807, 2.05) is 0 Å². The van der Waals surface area contributed by atoms with Crippen molar-refractivity contribution in [2.45, 2.75) is 0 Å². The monoisotopic (exact) mass is 244 g/mol. The number of ether oxygens (including phenoxy) is 1. The van der Waals surface area contributed by atoms with Gasteiger partial charge in [0.2, 0.25) is 0 Å². The Balaban J connectivity index is 2.33. The molecule has 5 nitrogen and oxygen atoms in total. The van der Waals surface area contributed by atoms with Crippen molar-refractivity contribution in [3.05, 3.63) is 29.0 Å². The normalized spacial score (nSPS) is 10.1. The Morgan fingerprint density at radius 3 is 3.06 bits per heavy atom. The van der Waals surface area contributed by atoms with Crippen LogP contribution in [0.15, 0.2) is 18.5 Å². The maximum Gasteiger partial charge on any atom is 0.252 e. The number of aromatic nitrogens is 1. The summed E-state index contributed by atoms with van der Waals surface area (Å²) in [6.45, 7) is 0.975. The molecule has 0 aliphatic heterocycles. The molecule has 0 unspecified atom stereocenters. The number of carbonyl (C=O) groups is 1. The van der Waals surface area contributed by atoms with Crippen LogP contribution in [0.4, 0.5) is 0 Å². The van der Waals surface area contributed by atoms with Crippen molar-refractivity contribution in [3.63, 3.8) is 0 Å². The van der Waals surface area contributed by atoms with Gasteiger partial charge in [0.05, 0.1) is 30.4 Å². The third-order valence-corrected chi connectivity index (χ3v) is 2.09. The average Bonchev–Trinajstić information content (AvgIpc) is 2.29. The predicted molar refractivity (Wildman–Crippen MR) is 59.5 cm³/mol. The Labute approximate surface area is 98.4 Å². The quantitative estimate of drug-likeness (QED) is 0.714. The van der Waals surface area contributed by atoms with E-state index in [0.717, 1.165) is 0 Å². The Hall–Kier alpha value is -1.17. The number of aliphatic hydroxyl groups is 1. The average molecular weight is 245 g/mol. The number of amides is 1. The van der Waals surface area contributed by atoms with Crippen molar-refractivity contribution in [2.24, 2.45) is 0 Å². The van der Waals surface area contributed by atoms with Crippen molar-refractivity contribution in [1.29, 1.82) is 0 Å². The van der Waals surface area contributed by atoms with E-state index in [9.17, 15) is 4.79 Å². The molecule has 0 aliphatic carbocycles. The summed E-state index contributed by atoms with van der Waals surface area (Å²) in [7, 11) is 0. The van der Waals surface area contributed by atoms with Crippen LogP contribution in [-0.4, -0.2) is 42.4 Å². The highest BCUT2D eigenvalue weighted by Crippen LogP contribution is 2.12. The van der Waals surface area contributed by atoms with Gasteiger partial charge in [0.15, 0.2) is 0 Å². The summed E-state index contributed by atoms with van der Waals surface area (Å²) in [5.74, 6) is -0.264. The van der Waals surface area contributed by atoms with Crippen molar-refractivity contribution in [3.8, 4) is 0 Å². The number of rotatable bonds is 6. The van der Waals surface area contributed by atoms with Crippen LogP contribution in [0.25, 0.3) is 0 Å². The van der Waals surface area contributed by atoms with E-state index in [-0.39, 0.29) is 19.1 Å². The van der Waals surface area contributed by atoms with Gasteiger partial charge in [0, 0.05) is 18.9 Å². The molecule has 0 aliphatic rings. The number of hydrogen-bond acceptors (Lipinski definition) is 4.